The number of nitrogens with one attached hydrogen (secondary N) is 2. The van der Waals surface area contributed by atoms with Gasteiger partial charge in [0.15, 0.2) is 0 Å². The number of benzene rings is 3. The quantitative estimate of drug-likeness (QED) is 0.288. The zero-order valence-electron chi connectivity index (χ0n) is 23.0. The molecule has 0 radical (unpaired) electrons. The van der Waals surface area contributed by atoms with Crippen molar-refractivity contribution < 1.29 is 19.4 Å². The van der Waals surface area contributed by atoms with Gasteiger partial charge in [-0.05, 0) is 54.1 Å². The minimum Gasteiger partial charge on any atom is -0.397 e. The number of amides is 3. The zero-order chi connectivity index (χ0) is 28.5. The maximum absolute atomic E-state index is 13.4. The second-order valence-electron chi connectivity index (χ2n) is 10.1. The normalized spacial score (nSPS) is 14.3. The molecule has 40 heavy (non-hydrogen) atoms. The van der Waals surface area contributed by atoms with E-state index >= 15 is 0 Å². The summed E-state index contributed by atoms with van der Waals surface area (Å²) in [4.78, 5) is 31.8. The van der Waals surface area contributed by atoms with E-state index in [4.69, 9.17) is 10.5 Å². The molecule has 1 heterocycles. The number of carbonyl (C=O) groups excluding carboxylic acids is 2. The van der Waals surface area contributed by atoms with E-state index in [-0.39, 0.29) is 25.0 Å². The highest BCUT2D eigenvalue weighted by Gasteiger charge is 2.22. The van der Waals surface area contributed by atoms with Crippen LogP contribution in [0.3, 0.4) is 0 Å². The van der Waals surface area contributed by atoms with Crippen molar-refractivity contribution in [3.8, 4) is 0 Å². The number of β-amino-alcohol motifs (C(OH)–C–C–N with tert-alkyl or cyclic N) is 1. The van der Waals surface area contributed by atoms with Gasteiger partial charge in [0.1, 0.15) is 0 Å². The molecule has 3 aromatic rings. The van der Waals surface area contributed by atoms with E-state index < -0.39 is 6.10 Å². The summed E-state index contributed by atoms with van der Waals surface area (Å²) in [6.45, 7) is 3.63. The fourth-order valence-electron chi connectivity index (χ4n) is 4.45. The molecule has 212 valence electrons. The molecule has 1 atom stereocenters. The zero-order valence-corrected chi connectivity index (χ0v) is 23.0. The number of hydrogen-bond donors (Lipinski definition) is 4. The first-order chi connectivity index (χ1) is 19.3. The molecule has 10 heteroatoms. The van der Waals surface area contributed by atoms with Crippen molar-refractivity contribution >= 4 is 34.7 Å². The van der Waals surface area contributed by atoms with Crippen LogP contribution in [0.15, 0.2) is 72.8 Å². The van der Waals surface area contributed by atoms with Gasteiger partial charge in [0, 0.05) is 63.8 Å². The molecule has 0 aliphatic carbocycles. The minimum atomic E-state index is -0.735. The summed E-state index contributed by atoms with van der Waals surface area (Å²) in [6.07, 6.45) is -0.735. The van der Waals surface area contributed by atoms with E-state index in [0.29, 0.717) is 42.4 Å². The van der Waals surface area contributed by atoms with Crippen molar-refractivity contribution in [3.05, 3.63) is 83.9 Å². The van der Waals surface area contributed by atoms with E-state index in [1.54, 1.807) is 41.3 Å². The van der Waals surface area contributed by atoms with Crippen LogP contribution in [0.2, 0.25) is 0 Å². The summed E-state index contributed by atoms with van der Waals surface area (Å²) in [7, 11) is 3.91. The number of aliphatic hydroxyl groups excluding tert-OH is 1. The van der Waals surface area contributed by atoms with Crippen LogP contribution in [0.25, 0.3) is 0 Å². The lowest BCUT2D eigenvalue weighted by atomic mass is 10.1. The second-order valence-corrected chi connectivity index (χ2v) is 10.1. The lowest BCUT2D eigenvalue weighted by Gasteiger charge is -2.31. The number of hydrogen-bond acceptors (Lipinski definition) is 7. The lowest BCUT2D eigenvalue weighted by molar-refractivity contribution is 0.00941. The number of carbonyl (C=O) groups is 2. The van der Waals surface area contributed by atoms with E-state index in [0.717, 1.165) is 24.3 Å². The van der Waals surface area contributed by atoms with Crippen molar-refractivity contribution in [2.45, 2.75) is 12.6 Å². The van der Waals surface area contributed by atoms with Crippen molar-refractivity contribution in [1.82, 2.24) is 9.80 Å². The molecule has 4 rings (SSSR count). The van der Waals surface area contributed by atoms with Gasteiger partial charge in [-0.3, -0.25) is 9.69 Å². The Kier molecular flexibility index (Phi) is 9.96. The Bertz CT molecular complexity index is 1260. The monoisotopic (exact) mass is 546 g/mol. The fraction of sp³-hybridized carbons (Fsp3) is 0.333. The Labute approximate surface area is 235 Å². The van der Waals surface area contributed by atoms with Crippen molar-refractivity contribution in [2.24, 2.45) is 0 Å². The minimum absolute atomic E-state index is 0.147. The van der Waals surface area contributed by atoms with E-state index in [9.17, 15) is 14.7 Å². The summed E-state index contributed by atoms with van der Waals surface area (Å²) >= 11 is 0. The van der Waals surface area contributed by atoms with Crippen LogP contribution >= 0.6 is 0 Å². The van der Waals surface area contributed by atoms with Crippen LogP contribution in [0, 0.1) is 0 Å². The number of nitrogens with zero attached hydrogens (tertiary/aromatic N) is 3. The molecule has 0 saturated carbocycles. The fourth-order valence-corrected chi connectivity index (χ4v) is 4.45. The predicted octanol–water partition coefficient (Wildman–Crippen LogP) is 3.31. The first-order valence-electron chi connectivity index (χ1n) is 13.3. The Balaban J connectivity index is 1.44. The molecule has 0 bridgehead atoms. The van der Waals surface area contributed by atoms with Gasteiger partial charge in [-0.25, -0.2) is 4.79 Å². The first kappa shape index (κ1) is 28.9. The van der Waals surface area contributed by atoms with E-state index in [1.807, 2.05) is 55.4 Å². The third kappa shape index (κ3) is 8.19. The number of aliphatic hydroxyl groups is 1. The smallest absolute Gasteiger partial charge is 0.322 e. The molecule has 3 aromatic carbocycles. The van der Waals surface area contributed by atoms with Crippen LogP contribution in [0.1, 0.15) is 15.9 Å². The van der Waals surface area contributed by atoms with Crippen LogP contribution in [0.5, 0.6) is 0 Å². The van der Waals surface area contributed by atoms with Gasteiger partial charge in [-0.15, -0.1) is 0 Å². The van der Waals surface area contributed by atoms with E-state index in [1.165, 1.54) is 0 Å². The molecule has 1 unspecified atom stereocenters. The van der Waals surface area contributed by atoms with Crippen molar-refractivity contribution in [3.63, 3.8) is 0 Å². The highest BCUT2D eigenvalue weighted by Crippen LogP contribution is 2.19. The molecule has 1 saturated heterocycles. The summed E-state index contributed by atoms with van der Waals surface area (Å²) < 4.78 is 5.40. The van der Waals surface area contributed by atoms with Gasteiger partial charge in [-0.1, -0.05) is 24.3 Å². The molecule has 10 nitrogen and oxygen atoms in total. The van der Waals surface area contributed by atoms with Crippen molar-refractivity contribution in [2.75, 3.05) is 74.8 Å². The topological polar surface area (TPSA) is 123 Å². The average Bonchev–Trinajstić information content (AvgIpc) is 2.95. The summed E-state index contributed by atoms with van der Waals surface area (Å²) in [5.41, 5.74) is 9.96. The Morgan fingerprint density at radius 1 is 0.975 bits per heavy atom. The molecule has 1 aliphatic heterocycles. The lowest BCUT2D eigenvalue weighted by Crippen LogP contribution is -2.46. The molecule has 0 spiro atoms. The number of para-hydroxylation sites is 2. The number of rotatable bonds is 10. The SMILES string of the molecule is CN(C)c1ccc(NC(=O)N(Cc2ccc(C(=O)Nc3ccccc3N)cc2)CC(O)CN2CCOCC2)cc1. The van der Waals surface area contributed by atoms with Crippen LogP contribution in [0.4, 0.5) is 27.5 Å². The number of nitrogens with two attached hydrogens (primary N) is 1. The molecule has 1 aliphatic rings. The largest absolute Gasteiger partial charge is 0.397 e. The summed E-state index contributed by atoms with van der Waals surface area (Å²) in [5, 5.41) is 16.6. The molecular weight excluding hydrogens is 508 g/mol. The molecular formula is C30H38N6O4. The number of nitrogen functional groups attached to an aromatic ring is 1. The summed E-state index contributed by atoms with van der Waals surface area (Å²) in [5.74, 6) is -0.277. The Morgan fingerprint density at radius 3 is 2.30 bits per heavy atom. The van der Waals surface area contributed by atoms with Crippen molar-refractivity contribution in [1.29, 1.82) is 0 Å². The molecule has 3 amide bonds. The third-order valence-electron chi connectivity index (χ3n) is 6.72. The highest BCUT2D eigenvalue weighted by molar-refractivity contribution is 6.05. The summed E-state index contributed by atoms with van der Waals surface area (Å²) in [6, 6.07) is 21.4. The van der Waals surface area contributed by atoms with Gasteiger partial charge in [-0.2, -0.15) is 0 Å². The van der Waals surface area contributed by atoms with Crippen LogP contribution in [-0.2, 0) is 11.3 Å². The molecule has 0 aromatic heterocycles. The van der Waals surface area contributed by atoms with Gasteiger partial charge in [0.2, 0.25) is 0 Å². The Hall–Kier alpha value is -4.12. The van der Waals surface area contributed by atoms with Gasteiger partial charge in [0.05, 0.1) is 30.7 Å². The molecule has 5 N–H and O–H groups in total. The standard InChI is InChI=1S/C30H38N6O4/c1-34(2)25-13-11-24(12-14-25)32-30(39)36(21-26(37)20-35-15-17-40-18-16-35)19-22-7-9-23(10-8-22)29(38)33-28-6-4-3-5-27(28)31/h3-14,26,37H,15-21,31H2,1-2H3,(H,32,39)(H,33,38). The third-order valence-corrected chi connectivity index (χ3v) is 6.72. The van der Waals surface area contributed by atoms with Gasteiger partial charge < -0.3 is 36.0 Å². The van der Waals surface area contributed by atoms with Gasteiger partial charge in [0.25, 0.3) is 5.91 Å². The van der Waals surface area contributed by atoms with Crippen LogP contribution in [-0.4, -0.2) is 86.4 Å². The van der Waals surface area contributed by atoms with Gasteiger partial charge >= 0.3 is 6.03 Å². The average molecular weight is 547 g/mol. The molecule has 1 fully saturated rings. The highest BCUT2D eigenvalue weighted by atomic mass is 16.5. The number of anilines is 4. The number of urea groups is 1. The maximum Gasteiger partial charge on any atom is 0.322 e. The van der Waals surface area contributed by atoms with E-state index in [2.05, 4.69) is 15.5 Å². The number of ether oxygens (including phenoxy) is 1. The Morgan fingerprint density at radius 2 is 1.65 bits per heavy atom. The maximum atomic E-state index is 13.4. The predicted molar refractivity (Wildman–Crippen MR) is 159 cm³/mol. The number of morpholine rings is 1. The van der Waals surface area contributed by atoms with Crippen LogP contribution < -0.4 is 21.3 Å². The first-order valence-corrected chi connectivity index (χ1v) is 13.3. The second kappa shape index (κ2) is 13.8.